The quantitative estimate of drug-likeness (QED) is 0.389. The Balaban J connectivity index is 1.44. The van der Waals surface area contributed by atoms with Gasteiger partial charge in [0.2, 0.25) is 0 Å². The standard InChI is InChI=1S/C26H33N5O4S2/c1-3-4-11-35-20-14-19-15-22(26-28-17-21(36-26)18-31-9-12-34-13-10-31)29-25(19)23(16-20)30(2)37(32,33)24-7-5-6-8-27-24/h5-8,14-16,21,29H,3-4,9-13,17-18H2,1-2H3. The lowest BCUT2D eigenvalue weighted by atomic mass is 10.2. The number of morpholine rings is 1. The lowest BCUT2D eigenvalue weighted by Gasteiger charge is -2.28. The van der Waals surface area contributed by atoms with E-state index in [1.807, 2.05) is 12.1 Å². The van der Waals surface area contributed by atoms with Crippen LogP contribution in [0.4, 0.5) is 5.69 Å². The van der Waals surface area contributed by atoms with Crippen LogP contribution in [0.1, 0.15) is 25.5 Å². The molecule has 1 atom stereocenters. The predicted molar refractivity (Wildman–Crippen MR) is 149 cm³/mol. The number of nitrogens with zero attached hydrogens (tertiary/aromatic N) is 4. The fourth-order valence-corrected chi connectivity index (χ4v) is 6.75. The molecule has 3 aromatic rings. The van der Waals surface area contributed by atoms with Gasteiger partial charge >= 0.3 is 0 Å². The van der Waals surface area contributed by atoms with Crippen molar-refractivity contribution in [2.75, 3.05) is 57.4 Å². The highest BCUT2D eigenvalue weighted by Crippen LogP contribution is 2.36. The van der Waals surface area contributed by atoms with Gasteiger partial charge in [0, 0.05) is 49.6 Å². The summed E-state index contributed by atoms with van der Waals surface area (Å²) < 4.78 is 39.6. The summed E-state index contributed by atoms with van der Waals surface area (Å²) in [5.74, 6) is 0.635. The Morgan fingerprint density at radius 2 is 2.08 bits per heavy atom. The normalized spacial score (nSPS) is 18.8. The van der Waals surface area contributed by atoms with E-state index in [0.717, 1.165) is 73.9 Å². The summed E-state index contributed by atoms with van der Waals surface area (Å²) in [5, 5.41) is 2.21. The number of thioether (sulfide) groups is 1. The summed E-state index contributed by atoms with van der Waals surface area (Å²) in [6.07, 6.45) is 3.42. The number of ether oxygens (including phenoxy) is 2. The monoisotopic (exact) mass is 543 g/mol. The van der Waals surface area contributed by atoms with Crippen LogP contribution in [0, 0.1) is 0 Å². The number of hydrogen-bond donors (Lipinski definition) is 1. The summed E-state index contributed by atoms with van der Waals surface area (Å²) in [4.78, 5) is 14.8. The van der Waals surface area contributed by atoms with Gasteiger partial charge < -0.3 is 14.5 Å². The second-order valence-corrected chi connectivity index (χ2v) is 12.4. The van der Waals surface area contributed by atoms with Crippen molar-refractivity contribution in [2.24, 2.45) is 4.99 Å². The maximum atomic E-state index is 13.4. The van der Waals surface area contributed by atoms with E-state index in [1.165, 1.54) is 16.6 Å². The average Bonchev–Trinajstić information content (AvgIpc) is 3.56. The number of aromatic amines is 1. The van der Waals surface area contributed by atoms with Crippen LogP contribution in [-0.4, -0.2) is 86.6 Å². The molecule has 9 nitrogen and oxygen atoms in total. The molecule has 0 saturated carbocycles. The van der Waals surface area contributed by atoms with Gasteiger partial charge in [0.05, 0.1) is 43.3 Å². The van der Waals surface area contributed by atoms with Crippen molar-refractivity contribution in [2.45, 2.75) is 30.0 Å². The molecule has 1 unspecified atom stereocenters. The molecule has 0 bridgehead atoms. The van der Waals surface area contributed by atoms with Crippen molar-refractivity contribution in [3.63, 3.8) is 0 Å². The van der Waals surface area contributed by atoms with E-state index >= 15 is 0 Å². The minimum absolute atomic E-state index is 0.00332. The van der Waals surface area contributed by atoms with Crippen LogP contribution in [-0.2, 0) is 14.8 Å². The molecule has 1 fully saturated rings. The molecule has 2 aromatic heterocycles. The summed E-state index contributed by atoms with van der Waals surface area (Å²) in [6.45, 7) is 7.91. The van der Waals surface area contributed by atoms with Crippen molar-refractivity contribution >= 4 is 43.4 Å². The molecular formula is C26H33N5O4S2. The van der Waals surface area contributed by atoms with Gasteiger partial charge in [-0.3, -0.25) is 14.2 Å². The van der Waals surface area contributed by atoms with Crippen LogP contribution in [0.5, 0.6) is 5.75 Å². The Bertz CT molecular complexity index is 1350. The highest BCUT2D eigenvalue weighted by Gasteiger charge is 2.28. The Morgan fingerprint density at radius 1 is 1.24 bits per heavy atom. The summed E-state index contributed by atoms with van der Waals surface area (Å²) >= 11 is 1.77. The van der Waals surface area contributed by atoms with Crippen LogP contribution in [0.3, 0.4) is 0 Å². The number of aliphatic imine (C=N–C) groups is 1. The van der Waals surface area contributed by atoms with Crippen molar-refractivity contribution in [1.29, 1.82) is 0 Å². The topological polar surface area (TPSA) is 100 Å². The Hall–Kier alpha value is -2.60. The third kappa shape index (κ3) is 5.79. The van der Waals surface area contributed by atoms with Crippen molar-refractivity contribution in [1.82, 2.24) is 14.9 Å². The van der Waals surface area contributed by atoms with Crippen molar-refractivity contribution in [3.8, 4) is 5.75 Å². The van der Waals surface area contributed by atoms with Crippen LogP contribution >= 0.6 is 11.8 Å². The fourth-order valence-electron chi connectivity index (χ4n) is 4.48. The number of fused-ring (bicyclic) bond motifs is 1. The molecule has 0 radical (unpaired) electrons. The molecule has 0 aliphatic carbocycles. The Morgan fingerprint density at radius 3 is 2.84 bits per heavy atom. The predicted octanol–water partition coefficient (Wildman–Crippen LogP) is 3.76. The van der Waals surface area contributed by atoms with Gasteiger partial charge in [-0.05, 0) is 30.7 Å². The van der Waals surface area contributed by atoms with Crippen molar-refractivity contribution < 1.29 is 17.9 Å². The van der Waals surface area contributed by atoms with Gasteiger partial charge in [0.15, 0.2) is 5.03 Å². The highest BCUT2D eigenvalue weighted by atomic mass is 32.2. The molecule has 198 valence electrons. The van der Waals surface area contributed by atoms with Crippen LogP contribution in [0.25, 0.3) is 10.9 Å². The first kappa shape index (κ1) is 26.0. The number of rotatable bonds is 10. The molecule has 5 rings (SSSR count). The smallest absolute Gasteiger partial charge is 0.281 e. The first-order valence-electron chi connectivity index (χ1n) is 12.7. The van der Waals surface area contributed by atoms with Gasteiger partial charge in [-0.2, -0.15) is 8.42 Å². The van der Waals surface area contributed by atoms with Crippen LogP contribution in [0.2, 0.25) is 0 Å². The van der Waals surface area contributed by atoms with E-state index < -0.39 is 10.0 Å². The minimum atomic E-state index is -3.86. The minimum Gasteiger partial charge on any atom is -0.493 e. The van der Waals surface area contributed by atoms with E-state index in [1.54, 1.807) is 37.0 Å². The number of anilines is 1. The van der Waals surface area contributed by atoms with Crippen LogP contribution < -0.4 is 9.04 Å². The summed E-state index contributed by atoms with van der Waals surface area (Å²) in [6, 6.07) is 10.6. The van der Waals surface area contributed by atoms with Crippen molar-refractivity contribution in [3.05, 3.63) is 48.3 Å². The zero-order valence-electron chi connectivity index (χ0n) is 21.2. The largest absolute Gasteiger partial charge is 0.493 e. The molecule has 0 amide bonds. The second-order valence-electron chi connectivity index (χ2n) is 9.23. The first-order chi connectivity index (χ1) is 18.0. The fraction of sp³-hybridized carbons (Fsp3) is 0.462. The lowest BCUT2D eigenvalue weighted by Crippen LogP contribution is -2.40. The van der Waals surface area contributed by atoms with E-state index in [2.05, 4.69) is 21.8 Å². The zero-order valence-corrected chi connectivity index (χ0v) is 22.9. The molecule has 4 heterocycles. The van der Waals surface area contributed by atoms with Gasteiger partial charge in [0.1, 0.15) is 10.8 Å². The number of pyridine rings is 1. The molecule has 1 N–H and O–H groups in total. The Kier molecular flexibility index (Phi) is 8.04. The number of aromatic nitrogens is 2. The molecule has 0 spiro atoms. The maximum absolute atomic E-state index is 13.4. The molecule has 1 saturated heterocycles. The molecular weight excluding hydrogens is 510 g/mol. The summed E-state index contributed by atoms with van der Waals surface area (Å²) in [7, 11) is -2.31. The molecule has 11 heteroatoms. The number of unbranched alkanes of at least 4 members (excludes halogenated alkanes) is 1. The van der Waals surface area contributed by atoms with E-state index in [9.17, 15) is 8.42 Å². The number of hydrogen-bond acceptors (Lipinski definition) is 8. The van der Waals surface area contributed by atoms with E-state index in [-0.39, 0.29) is 5.03 Å². The molecule has 2 aliphatic rings. The third-order valence-electron chi connectivity index (χ3n) is 6.56. The highest BCUT2D eigenvalue weighted by molar-refractivity contribution is 8.15. The zero-order chi connectivity index (χ0) is 25.8. The lowest BCUT2D eigenvalue weighted by molar-refractivity contribution is 0.0385. The third-order valence-corrected chi connectivity index (χ3v) is 9.45. The first-order valence-corrected chi connectivity index (χ1v) is 15.0. The number of sulfonamides is 1. The van der Waals surface area contributed by atoms with Gasteiger partial charge in [-0.15, -0.1) is 0 Å². The van der Waals surface area contributed by atoms with E-state index in [4.69, 9.17) is 14.5 Å². The number of benzene rings is 1. The van der Waals surface area contributed by atoms with Gasteiger partial charge in [0.25, 0.3) is 10.0 Å². The number of H-pyrrole nitrogens is 1. The molecule has 37 heavy (non-hydrogen) atoms. The Labute approximate surface area is 222 Å². The SMILES string of the molecule is CCCCOc1cc(N(C)S(=O)(=O)c2ccccn2)c2[nH]c(C3=NCC(CN4CCOCC4)S3)cc2c1. The summed E-state index contributed by atoms with van der Waals surface area (Å²) in [5.41, 5.74) is 2.12. The molecule has 1 aromatic carbocycles. The van der Waals surface area contributed by atoms with Gasteiger partial charge in [-0.1, -0.05) is 31.2 Å². The van der Waals surface area contributed by atoms with Crippen LogP contribution in [0.15, 0.2) is 52.6 Å². The van der Waals surface area contributed by atoms with E-state index in [0.29, 0.717) is 23.3 Å². The number of nitrogens with one attached hydrogen (secondary N) is 1. The second kappa shape index (κ2) is 11.4. The average molecular weight is 544 g/mol. The maximum Gasteiger partial charge on any atom is 0.281 e. The van der Waals surface area contributed by atoms with Gasteiger partial charge in [-0.25, -0.2) is 4.98 Å². The molecule has 2 aliphatic heterocycles.